The van der Waals surface area contributed by atoms with Crippen LogP contribution < -0.4 is 11.1 Å². The van der Waals surface area contributed by atoms with E-state index in [-0.39, 0.29) is 17.1 Å². The van der Waals surface area contributed by atoms with Crippen LogP contribution in [0.3, 0.4) is 0 Å². The first-order valence-electron chi connectivity index (χ1n) is 6.67. The van der Waals surface area contributed by atoms with Gasteiger partial charge in [-0.05, 0) is 49.3 Å². The van der Waals surface area contributed by atoms with Gasteiger partial charge in [0.15, 0.2) is 0 Å². The van der Waals surface area contributed by atoms with Gasteiger partial charge in [0.2, 0.25) is 5.91 Å². The Balaban J connectivity index is 2.20. The molecule has 1 aliphatic rings. The normalized spacial score (nSPS) is 20.8. The summed E-state index contributed by atoms with van der Waals surface area (Å²) >= 11 is 0. The minimum Gasteiger partial charge on any atom is -0.371 e. The summed E-state index contributed by atoms with van der Waals surface area (Å²) in [5.74, 6) is -0.673. The molecule has 3 nitrogen and oxygen atoms in total. The van der Waals surface area contributed by atoms with E-state index < -0.39 is 5.54 Å². The Morgan fingerprint density at radius 2 is 1.89 bits per heavy atom. The van der Waals surface area contributed by atoms with Crippen molar-refractivity contribution in [3.05, 3.63) is 30.1 Å². The molecule has 1 aromatic carbocycles. The van der Waals surface area contributed by atoms with Gasteiger partial charge in [-0.15, -0.1) is 0 Å². The average molecular weight is 264 g/mol. The summed E-state index contributed by atoms with van der Waals surface area (Å²) < 4.78 is 13.2. The van der Waals surface area contributed by atoms with E-state index in [0.29, 0.717) is 18.5 Å². The molecule has 0 radical (unpaired) electrons. The van der Waals surface area contributed by atoms with Crippen LogP contribution in [0.25, 0.3) is 0 Å². The molecule has 1 aliphatic carbocycles. The summed E-state index contributed by atoms with van der Waals surface area (Å²) in [7, 11) is 0. The highest BCUT2D eigenvalue weighted by molar-refractivity contribution is 5.88. The zero-order valence-electron chi connectivity index (χ0n) is 11.5. The third kappa shape index (κ3) is 3.06. The monoisotopic (exact) mass is 264 g/mol. The molecule has 3 N–H and O–H groups in total. The van der Waals surface area contributed by atoms with Crippen LogP contribution in [0, 0.1) is 11.2 Å². The second kappa shape index (κ2) is 4.83. The molecule has 0 aromatic heterocycles. The zero-order valence-corrected chi connectivity index (χ0v) is 11.5. The number of carbonyl (C=O) groups is 1. The Bertz CT molecular complexity index is 475. The maximum atomic E-state index is 13.2. The van der Waals surface area contributed by atoms with E-state index in [9.17, 15) is 9.18 Å². The fraction of sp³-hybridized carbons (Fsp3) is 0.533. The lowest BCUT2D eigenvalue weighted by Crippen LogP contribution is -2.53. The van der Waals surface area contributed by atoms with E-state index in [1.54, 1.807) is 12.1 Å². The van der Waals surface area contributed by atoms with E-state index in [1.165, 1.54) is 12.1 Å². The van der Waals surface area contributed by atoms with Crippen LogP contribution >= 0.6 is 0 Å². The van der Waals surface area contributed by atoms with Gasteiger partial charge in [-0.2, -0.15) is 0 Å². The molecule has 1 amide bonds. The van der Waals surface area contributed by atoms with E-state index >= 15 is 0 Å². The van der Waals surface area contributed by atoms with Crippen molar-refractivity contribution in [3.63, 3.8) is 0 Å². The molecular formula is C15H21FN2O. The Morgan fingerprint density at radius 3 is 2.42 bits per heavy atom. The Labute approximate surface area is 113 Å². The number of hydrogen-bond acceptors (Lipinski definition) is 2. The van der Waals surface area contributed by atoms with Gasteiger partial charge in [-0.1, -0.05) is 19.9 Å². The first kappa shape index (κ1) is 13.8. The molecule has 0 heterocycles. The van der Waals surface area contributed by atoms with Crippen molar-refractivity contribution < 1.29 is 9.18 Å². The SMILES string of the molecule is CC1(C)CCC(Nc2cccc(F)c2)(C(N)=O)CC1. The van der Waals surface area contributed by atoms with Crippen molar-refractivity contribution in [2.75, 3.05) is 5.32 Å². The Hall–Kier alpha value is -1.58. The van der Waals surface area contributed by atoms with Crippen LogP contribution in [-0.2, 0) is 4.79 Å². The fourth-order valence-corrected chi connectivity index (χ4v) is 2.63. The summed E-state index contributed by atoms with van der Waals surface area (Å²) in [5.41, 5.74) is 5.68. The molecule has 104 valence electrons. The second-order valence-corrected chi connectivity index (χ2v) is 6.25. The maximum absolute atomic E-state index is 13.2. The van der Waals surface area contributed by atoms with Crippen LogP contribution in [0.5, 0.6) is 0 Å². The van der Waals surface area contributed by atoms with Crippen molar-refractivity contribution >= 4 is 11.6 Å². The largest absolute Gasteiger partial charge is 0.371 e. The molecule has 0 bridgehead atoms. The van der Waals surface area contributed by atoms with Crippen LogP contribution in [0.15, 0.2) is 24.3 Å². The van der Waals surface area contributed by atoms with Crippen molar-refractivity contribution in [1.29, 1.82) is 0 Å². The summed E-state index contributed by atoms with van der Waals surface area (Å²) in [6.07, 6.45) is 3.23. The van der Waals surface area contributed by atoms with Gasteiger partial charge in [-0.3, -0.25) is 4.79 Å². The van der Waals surface area contributed by atoms with Gasteiger partial charge in [0.05, 0.1) is 0 Å². The summed E-state index contributed by atoms with van der Waals surface area (Å²) in [4.78, 5) is 11.8. The predicted octanol–water partition coefficient (Wildman–Crippen LogP) is 3.06. The standard InChI is InChI=1S/C15H21FN2O/c1-14(2)6-8-15(9-7-14,13(17)19)18-12-5-3-4-11(16)10-12/h3-5,10,18H,6-9H2,1-2H3,(H2,17,19). The van der Waals surface area contributed by atoms with E-state index in [0.717, 1.165) is 12.8 Å². The molecule has 0 atom stereocenters. The lowest BCUT2D eigenvalue weighted by atomic mass is 9.69. The Morgan fingerprint density at radius 1 is 1.26 bits per heavy atom. The molecule has 0 saturated heterocycles. The second-order valence-electron chi connectivity index (χ2n) is 6.25. The molecule has 4 heteroatoms. The summed E-state index contributed by atoms with van der Waals surface area (Å²) in [6.45, 7) is 4.39. The van der Waals surface area contributed by atoms with Crippen LogP contribution in [0.1, 0.15) is 39.5 Å². The molecular weight excluding hydrogens is 243 g/mol. The maximum Gasteiger partial charge on any atom is 0.243 e. The fourth-order valence-electron chi connectivity index (χ4n) is 2.63. The van der Waals surface area contributed by atoms with Crippen LogP contribution in [0.4, 0.5) is 10.1 Å². The lowest BCUT2D eigenvalue weighted by molar-refractivity contribution is -0.124. The summed E-state index contributed by atoms with van der Waals surface area (Å²) in [5, 5.41) is 3.16. The topological polar surface area (TPSA) is 55.1 Å². The van der Waals surface area contributed by atoms with Gasteiger partial charge in [0, 0.05) is 5.69 Å². The van der Waals surface area contributed by atoms with Gasteiger partial charge in [0.1, 0.15) is 11.4 Å². The first-order chi connectivity index (χ1) is 8.83. The smallest absolute Gasteiger partial charge is 0.243 e. The van der Waals surface area contributed by atoms with Crippen LogP contribution in [-0.4, -0.2) is 11.4 Å². The van der Waals surface area contributed by atoms with Gasteiger partial charge in [0.25, 0.3) is 0 Å². The molecule has 2 rings (SSSR count). The van der Waals surface area contributed by atoms with Gasteiger partial charge < -0.3 is 11.1 Å². The number of carbonyl (C=O) groups excluding carboxylic acids is 1. The highest BCUT2D eigenvalue weighted by Gasteiger charge is 2.42. The molecule has 0 spiro atoms. The number of rotatable bonds is 3. The number of primary amides is 1. The third-order valence-corrected chi connectivity index (χ3v) is 4.14. The Kier molecular flexibility index (Phi) is 3.52. The van der Waals surface area contributed by atoms with Crippen molar-refractivity contribution in [3.8, 4) is 0 Å². The van der Waals surface area contributed by atoms with E-state index in [1.807, 2.05) is 0 Å². The number of anilines is 1. The molecule has 1 aromatic rings. The average Bonchev–Trinajstić information content (AvgIpc) is 2.32. The number of amides is 1. The minimum atomic E-state index is -0.747. The number of benzene rings is 1. The van der Waals surface area contributed by atoms with Gasteiger partial charge >= 0.3 is 0 Å². The van der Waals surface area contributed by atoms with E-state index in [4.69, 9.17) is 5.73 Å². The number of nitrogens with one attached hydrogen (secondary N) is 1. The third-order valence-electron chi connectivity index (χ3n) is 4.14. The van der Waals surface area contributed by atoms with E-state index in [2.05, 4.69) is 19.2 Å². The number of halogens is 1. The zero-order chi connectivity index (χ0) is 14.1. The predicted molar refractivity (Wildman–Crippen MR) is 74.2 cm³/mol. The van der Waals surface area contributed by atoms with Crippen LogP contribution in [0.2, 0.25) is 0 Å². The molecule has 19 heavy (non-hydrogen) atoms. The number of nitrogens with two attached hydrogens (primary N) is 1. The number of hydrogen-bond donors (Lipinski definition) is 2. The highest BCUT2D eigenvalue weighted by atomic mass is 19.1. The molecule has 1 fully saturated rings. The first-order valence-corrected chi connectivity index (χ1v) is 6.67. The highest BCUT2D eigenvalue weighted by Crippen LogP contribution is 2.41. The molecule has 0 aliphatic heterocycles. The van der Waals surface area contributed by atoms with Crippen molar-refractivity contribution in [2.45, 2.75) is 45.1 Å². The molecule has 1 saturated carbocycles. The van der Waals surface area contributed by atoms with Crippen molar-refractivity contribution in [1.82, 2.24) is 0 Å². The minimum absolute atomic E-state index is 0.239. The summed E-state index contributed by atoms with van der Waals surface area (Å²) in [6, 6.07) is 6.16. The quantitative estimate of drug-likeness (QED) is 0.881. The van der Waals surface area contributed by atoms with Gasteiger partial charge in [-0.25, -0.2) is 4.39 Å². The molecule has 0 unspecified atom stereocenters. The van der Waals surface area contributed by atoms with Crippen molar-refractivity contribution in [2.24, 2.45) is 11.1 Å². The lowest BCUT2D eigenvalue weighted by Gasteiger charge is -2.42.